The molecule has 1 heterocycles. The summed E-state index contributed by atoms with van der Waals surface area (Å²) in [6.07, 6.45) is 1.03. The molecule has 1 nitrogen and oxygen atoms in total. The van der Waals surface area contributed by atoms with Crippen LogP contribution in [0.25, 0.3) is 22.0 Å². The fraction of sp³-hybridized carbons (Fsp3) is 0.118. The molecule has 2 aromatic carbocycles. The van der Waals surface area contributed by atoms with Crippen molar-refractivity contribution in [1.29, 1.82) is 0 Å². The van der Waals surface area contributed by atoms with Gasteiger partial charge in [-0.1, -0.05) is 54.9 Å². The summed E-state index contributed by atoms with van der Waals surface area (Å²) in [5, 5.41) is 1.70. The van der Waals surface area contributed by atoms with Gasteiger partial charge in [0.05, 0.1) is 5.52 Å². The van der Waals surface area contributed by atoms with Crippen LogP contribution in [0.15, 0.2) is 54.6 Å². The highest BCUT2D eigenvalue weighted by Crippen LogP contribution is 2.30. The summed E-state index contributed by atoms with van der Waals surface area (Å²) in [6.45, 7) is 2.16. The number of rotatable bonds is 2. The van der Waals surface area contributed by atoms with Gasteiger partial charge in [0.25, 0.3) is 0 Å². The first kappa shape index (κ1) is 12.2. The zero-order valence-corrected chi connectivity index (χ0v) is 11.5. The fourth-order valence-corrected chi connectivity index (χ4v) is 2.50. The highest BCUT2D eigenvalue weighted by Gasteiger charge is 2.07. The highest BCUT2D eigenvalue weighted by molar-refractivity contribution is 6.32. The van der Waals surface area contributed by atoms with E-state index in [1.807, 2.05) is 24.3 Å². The third-order valence-corrected chi connectivity index (χ3v) is 3.61. The number of aromatic nitrogens is 1. The Labute approximate surface area is 117 Å². The lowest BCUT2D eigenvalue weighted by molar-refractivity contribution is 1.14. The number of pyridine rings is 1. The van der Waals surface area contributed by atoms with Crippen LogP contribution in [-0.4, -0.2) is 4.98 Å². The van der Waals surface area contributed by atoms with Crippen molar-refractivity contribution in [3.8, 4) is 11.1 Å². The van der Waals surface area contributed by atoms with Gasteiger partial charge >= 0.3 is 0 Å². The number of hydrogen-bond donors (Lipinski definition) is 0. The van der Waals surface area contributed by atoms with Gasteiger partial charge in [0, 0.05) is 10.9 Å². The molecule has 19 heavy (non-hydrogen) atoms. The van der Waals surface area contributed by atoms with Crippen LogP contribution in [0.2, 0.25) is 5.15 Å². The Morgan fingerprint density at radius 3 is 2.53 bits per heavy atom. The van der Waals surface area contributed by atoms with Crippen LogP contribution < -0.4 is 0 Å². The first-order valence-corrected chi connectivity index (χ1v) is 6.80. The van der Waals surface area contributed by atoms with Crippen LogP contribution in [-0.2, 0) is 6.42 Å². The fourth-order valence-electron chi connectivity index (χ4n) is 2.24. The zero-order chi connectivity index (χ0) is 13.2. The van der Waals surface area contributed by atoms with Gasteiger partial charge in [-0.05, 0) is 35.7 Å². The second-order valence-electron chi connectivity index (χ2n) is 4.57. The zero-order valence-electron chi connectivity index (χ0n) is 10.7. The molecule has 94 valence electrons. The van der Waals surface area contributed by atoms with E-state index in [2.05, 4.69) is 42.2 Å². The molecule has 0 aliphatic rings. The number of benzene rings is 2. The molecule has 1 aromatic heterocycles. The van der Waals surface area contributed by atoms with E-state index in [-0.39, 0.29) is 0 Å². The summed E-state index contributed by atoms with van der Waals surface area (Å²) < 4.78 is 0. The van der Waals surface area contributed by atoms with E-state index in [4.69, 9.17) is 11.6 Å². The molecule has 2 heteroatoms. The molecule has 0 saturated heterocycles. The van der Waals surface area contributed by atoms with E-state index < -0.39 is 0 Å². The molecule has 0 radical (unpaired) electrons. The van der Waals surface area contributed by atoms with Gasteiger partial charge in [0.1, 0.15) is 5.15 Å². The molecule has 0 N–H and O–H groups in total. The Hall–Kier alpha value is -1.86. The lowest BCUT2D eigenvalue weighted by Crippen LogP contribution is -1.88. The molecule has 0 fully saturated rings. The minimum absolute atomic E-state index is 0.558. The largest absolute Gasteiger partial charge is 0.235 e. The number of nitrogens with zero attached hydrogens (tertiary/aromatic N) is 1. The van der Waals surface area contributed by atoms with Gasteiger partial charge in [-0.2, -0.15) is 0 Å². The van der Waals surface area contributed by atoms with Crippen molar-refractivity contribution in [1.82, 2.24) is 4.98 Å². The van der Waals surface area contributed by atoms with Crippen molar-refractivity contribution in [3.63, 3.8) is 0 Å². The van der Waals surface area contributed by atoms with Gasteiger partial charge in [-0.15, -0.1) is 0 Å². The molecule has 0 aliphatic heterocycles. The summed E-state index contributed by atoms with van der Waals surface area (Å²) in [4.78, 5) is 4.49. The first-order chi connectivity index (χ1) is 9.28. The number of hydrogen-bond acceptors (Lipinski definition) is 1. The van der Waals surface area contributed by atoms with E-state index in [1.165, 1.54) is 5.56 Å². The first-order valence-electron chi connectivity index (χ1n) is 6.42. The van der Waals surface area contributed by atoms with Gasteiger partial charge in [-0.3, -0.25) is 0 Å². The highest BCUT2D eigenvalue weighted by atomic mass is 35.5. The maximum Gasteiger partial charge on any atom is 0.137 e. The average molecular weight is 268 g/mol. The van der Waals surface area contributed by atoms with Crippen LogP contribution in [0.3, 0.4) is 0 Å². The van der Waals surface area contributed by atoms with Crippen molar-refractivity contribution in [2.75, 3.05) is 0 Å². The van der Waals surface area contributed by atoms with Crippen LogP contribution >= 0.6 is 11.6 Å². The van der Waals surface area contributed by atoms with Crippen molar-refractivity contribution in [2.24, 2.45) is 0 Å². The quantitative estimate of drug-likeness (QED) is 0.588. The molecule has 0 saturated carbocycles. The standard InChI is InChI=1S/C17H14ClN/c1-2-12-8-9-16-14(10-12)11-15(17(18)19-16)13-6-4-3-5-7-13/h3-11H,2H2,1H3. The Bertz CT molecular complexity index is 720. The van der Waals surface area contributed by atoms with E-state index in [0.29, 0.717) is 5.15 Å². The molecule has 3 aromatic rings. The molecule has 0 aliphatic carbocycles. The topological polar surface area (TPSA) is 12.9 Å². The average Bonchev–Trinajstić information content (AvgIpc) is 2.47. The lowest BCUT2D eigenvalue weighted by Gasteiger charge is -2.07. The summed E-state index contributed by atoms with van der Waals surface area (Å²) in [5.41, 5.74) is 4.35. The predicted octanol–water partition coefficient (Wildman–Crippen LogP) is 5.12. The molecule has 0 bridgehead atoms. The summed E-state index contributed by atoms with van der Waals surface area (Å²) >= 11 is 6.30. The SMILES string of the molecule is CCc1ccc2nc(Cl)c(-c3ccccc3)cc2c1. The molecule has 0 unspecified atom stereocenters. The summed E-state index contributed by atoms with van der Waals surface area (Å²) in [5.74, 6) is 0. The number of aryl methyl sites for hydroxylation is 1. The van der Waals surface area contributed by atoms with E-state index >= 15 is 0 Å². The predicted molar refractivity (Wildman–Crippen MR) is 81.6 cm³/mol. The molecule has 0 atom stereocenters. The third kappa shape index (κ3) is 2.34. The normalized spacial score (nSPS) is 10.8. The van der Waals surface area contributed by atoms with E-state index in [0.717, 1.165) is 28.5 Å². The Morgan fingerprint density at radius 1 is 1.00 bits per heavy atom. The van der Waals surface area contributed by atoms with Crippen LogP contribution in [0.5, 0.6) is 0 Å². The van der Waals surface area contributed by atoms with Crippen molar-refractivity contribution in [3.05, 3.63) is 65.3 Å². The monoisotopic (exact) mass is 267 g/mol. The third-order valence-electron chi connectivity index (χ3n) is 3.33. The lowest BCUT2D eigenvalue weighted by atomic mass is 10.0. The number of fused-ring (bicyclic) bond motifs is 1. The van der Waals surface area contributed by atoms with Gasteiger partial charge < -0.3 is 0 Å². The molecule has 0 amide bonds. The minimum atomic E-state index is 0.558. The maximum absolute atomic E-state index is 6.30. The van der Waals surface area contributed by atoms with Crippen LogP contribution in [0.1, 0.15) is 12.5 Å². The molecule has 0 spiro atoms. The Balaban J connectivity index is 2.23. The van der Waals surface area contributed by atoms with Gasteiger partial charge in [0.15, 0.2) is 0 Å². The summed E-state index contributed by atoms with van der Waals surface area (Å²) in [7, 11) is 0. The smallest absolute Gasteiger partial charge is 0.137 e. The van der Waals surface area contributed by atoms with Crippen LogP contribution in [0, 0.1) is 0 Å². The van der Waals surface area contributed by atoms with Crippen molar-refractivity contribution in [2.45, 2.75) is 13.3 Å². The van der Waals surface area contributed by atoms with Crippen LogP contribution in [0.4, 0.5) is 0 Å². The minimum Gasteiger partial charge on any atom is -0.235 e. The van der Waals surface area contributed by atoms with E-state index in [1.54, 1.807) is 0 Å². The number of halogens is 1. The molecular formula is C17H14ClN. The Kier molecular flexibility index (Phi) is 3.22. The van der Waals surface area contributed by atoms with Crippen molar-refractivity contribution >= 4 is 22.5 Å². The maximum atomic E-state index is 6.30. The van der Waals surface area contributed by atoms with E-state index in [9.17, 15) is 0 Å². The van der Waals surface area contributed by atoms with Gasteiger partial charge in [0.2, 0.25) is 0 Å². The molecule has 3 rings (SSSR count). The second-order valence-corrected chi connectivity index (χ2v) is 4.93. The van der Waals surface area contributed by atoms with Crippen molar-refractivity contribution < 1.29 is 0 Å². The Morgan fingerprint density at radius 2 is 1.79 bits per heavy atom. The molecular weight excluding hydrogens is 254 g/mol. The van der Waals surface area contributed by atoms with Gasteiger partial charge in [-0.25, -0.2) is 4.98 Å². The second kappa shape index (κ2) is 5.02. The summed E-state index contributed by atoms with van der Waals surface area (Å²) in [6, 6.07) is 18.6.